The van der Waals surface area contributed by atoms with Gasteiger partial charge in [0.15, 0.2) is 5.17 Å². The van der Waals surface area contributed by atoms with Crippen molar-refractivity contribution in [2.45, 2.75) is 13.5 Å². The largest absolute Gasteiger partial charge is 0.489 e. The van der Waals surface area contributed by atoms with Crippen LogP contribution < -0.4 is 10.1 Å². The Morgan fingerprint density at radius 2 is 2.00 bits per heavy atom. The van der Waals surface area contributed by atoms with Crippen molar-refractivity contribution in [3.8, 4) is 5.75 Å². The van der Waals surface area contributed by atoms with Crippen LogP contribution in [0, 0.1) is 6.92 Å². The molecule has 1 amide bonds. The van der Waals surface area contributed by atoms with E-state index in [1.807, 2.05) is 36.4 Å². The third kappa shape index (κ3) is 4.45. The zero-order valence-electron chi connectivity index (χ0n) is 13.2. The Kier molecular flexibility index (Phi) is 5.28. The lowest BCUT2D eigenvalue weighted by atomic mass is 10.1. The Labute approximate surface area is 144 Å². The smallest absolute Gasteiger partial charge is 0.236 e. The molecule has 0 spiro atoms. The molecule has 0 radical (unpaired) electrons. The highest BCUT2D eigenvalue weighted by molar-refractivity contribution is 8.15. The van der Waals surface area contributed by atoms with Crippen LogP contribution in [0.5, 0.6) is 5.75 Å². The van der Waals surface area contributed by atoms with E-state index in [1.54, 1.807) is 6.21 Å². The summed E-state index contributed by atoms with van der Waals surface area (Å²) < 4.78 is 5.80. The van der Waals surface area contributed by atoms with Crippen LogP contribution in [0.1, 0.15) is 16.7 Å². The fourth-order valence-electron chi connectivity index (χ4n) is 2.11. The number of nitrogens with one attached hydrogen (secondary N) is 1. The quantitative estimate of drug-likeness (QED) is 0.672. The van der Waals surface area contributed by atoms with Gasteiger partial charge >= 0.3 is 0 Å². The van der Waals surface area contributed by atoms with E-state index in [-0.39, 0.29) is 5.91 Å². The molecule has 1 N–H and O–H groups in total. The predicted molar refractivity (Wildman–Crippen MR) is 97.6 cm³/mol. The van der Waals surface area contributed by atoms with Crippen molar-refractivity contribution in [2.24, 2.45) is 10.2 Å². The fourth-order valence-corrected chi connectivity index (χ4v) is 2.74. The molecule has 0 atom stereocenters. The monoisotopic (exact) mass is 339 g/mol. The summed E-state index contributed by atoms with van der Waals surface area (Å²) in [6.07, 6.45) is 1.64. The Bertz CT molecular complexity index is 785. The predicted octanol–water partition coefficient (Wildman–Crippen LogP) is 3.13. The molecule has 1 aliphatic rings. The van der Waals surface area contributed by atoms with Gasteiger partial charge in [0.25, 0.3) is 0 Å². The second-order valence-electron chi connectivity index (χ2n) is 5.27. The first-order valence-electron chi connectivity index (χ1n) is 7.52. The molecule has 1 heterocycles. The SMILES string of the molecule is Cc1ccccc1COc1ccc(C=N/N=C2\NC(=O)CS2)cc1. The number of amides is 1. The van der Waals surface area contributed by atoms with Crippen LogP contribution in [-0.4, -0.2) is 23.0 Å². The van der Waals surface area contributed by atoms with Crippen molar-refractivity contribution in [1.29, 1.82) is 0 Å². The van der Waals surface area contributed by atoms with Gasteiger partial charge in [0, 0.05) is 0 Å². The summed E-state index contributed by atoms with van der Waals surface area (Å²) >= 11 is 1.35. The van der Waals surface area contributed by atoms with E-state index in [9.17, 15) is 4.79 Å². The van der Waals surface area contributed by atoms with Crippen LogP contribution in [0.3, 0.4) is 0 Å². The molecule has 24 heavy (non-hydrogen) atoms. The maximum absolute atomic E-state index is 11.0. The van der Waals surface area contributed by atoms with Crippen molar-refractivity contribution in [3.05, 3.63) is 65.2 Å². The van der Waals surface area contributed by atoms with Crippen LogP contribution >= 0.6 is 11.8 Å². The van der Waals surface area contributed by atoms with E-state index in [0.717, 1.165) is 11.3 Å². The highest BCUT2D eigenvalue weighted by atomic mass is 32.2. The first-order valence-corrected chi connectivity index (χ1v) is 8.50. The second-order valence-corrected chi connectivity index (χ2v) is 6.23. The molecule has 122 valence electrons. The molecular weight excluding hydrogens is 322 g/mol. The molecule has 2 aromatic rings. The molecule has 0 aliphatic carbocycles. The molecule has 1 aliphatic heterocycles. The van der Waals surface area contributed by atoms with Gasteiger partial charge in [-0.25, -0.2) is 0 Å². The van der Waals surface area contributed by atoms with Gasteiger partial charge in [-0.05, 0) is 47.9 Å². The number of benzene rings is 2. The summed E-state index contributed by atoms with van der Waals surface area (Å²) in [7, 11) is 0. The molecular formula is C18H17N3O2S. The average molecular weight is 339 g/mol. The van der Waals surface area contributed by atoms with Gasteiger partial charge in [-0.1, -0.05) is 36.0 Å². The summed E-state index contributed by atoms with van der Waals surface area (Å²) in [5.41, 5.74) is 3.31. The molecule has 1 fully saturated rings. The van der Waals surface area contributed by atoms with Crippen molar-refractivity contribution < 1.29 is 9.53 Å². The van der Waals surface area contributed by atoms with Gasteiger partial charge in [0.2, 0.25) is 5.91 Å². The zero-order valence-corrected chi connectivity index (χ0v) is 14.0. The third-order valence-electron chi connectivity index (χ3n) is 3.48. The third-order valence-corrected chi connectivity index (χ3v) is 4.34. The maximum atomic E-state index is 11.0. The van der Waals surface area contributed by atoms with Crippen LogP contribution in [0.15, 0.2) is 58.7 Å². The van der Waals surface area contributed by atoms with Crippen LogP contribution in [0.2, 0.25) is 0 Å². The van der Waals surface area contributed by atoms with Crippen molar-refractivity contribution in [3.63, 3.8) is 0 Å². The summed E-state index contributed by atoms with van der Waals surface area (Å²) in [5, 5.41) is 11.1. The van der Waals surface area contributed by atoms with Crippen LogP contribution in [0.25, 0.3) is 0 Å². The standard InChI is InChI=1S/C18H17N3O2S/c1-13-4-2-3-5-15(13)11-23-16-8-6-14(7-9-16)10-19-21-18-20-17(22)12-24-18/h2-10H,11-12H2,1H3,(H,20,21,22). The lowest BCUT2D eigenvalue weighted by Crippen LogP contribution is -2.19. The summed E-state index contributed by atoms with van der Waals surface area (Å²) in [6, 6.07) is 15.8. The Morgan fingerprint density at radius 1 is 1.21 bits per heavy atom. The van der Waals surface area contributed by atoms with Gasteiger partial charge in [-0.3, -0.25) is 4.79 Å². The normalized spacial score (nSPS) is 15.9. The molecule has 2 aromatic carbocycles. The van der Waals surface area contributed by atoms with E-state index in [1.165, 1.54) is 22.9 Å². The molecule has 0 saturated carbocycles. The van der Waals surface area contributed by atoms with E-state index < -0.39 is 0 Å². The number of amidine groups is 1. The van der Waals surface area contributed by atoms with E-state index >= 15 is 0 Å². The minimum absolute atomic E-state index is 0.0379. The van der Waals surface area contributed by atoms with Crippen LogP contribution in [0.4, 0.5) is 0 Å². The first kappa shape index (κ1) is 16.3. The van der Waals surface area contributed by atoms with E-state index in [2.05, 4.69) is 34.6 Å². The Balaban J connectivity index is 1.55. The summed E-state index contributed by atoms with van der Waals surface area (Å²) in [5.74, 6) is 1.17. The number of nitrogens with zero attached hydrogens (tertiary/aromatic N) is 2. The number of carbonyl (C=O) groups is 1. The average Bonchev–Trinajstić information content (AvgIpc) is 3.01. The van der Waals surface area contributed by atoms with Gasteiger partial charge < -0.3 is 10.1 Å². The zero-order chi connectivity index (χ0) is 16.8. The van der Waals surface area contributed by atoms with Crippen molar-refractivity contribution in [2.75, 3.05) is 5.75 Å². The number of thioether (sulfide) groups is 1. The number of aryl methyl sites for hydroxylation is 1. The van der Waals surface area contributed by atoms with Gasteiger partial charge in [0.1, 0.15) is 12.4 Å². The van der Waals surface area contributed by atoms with E-state index in [4.69, 9.17) is 4.74 Å². The minimum Gasteiger partial charge on any atom is -0.489 e. The van der Waals surface area contributed by atoms with Crippen LogP contribution in [-0.2, 0) is 11.4 Å². The molecule has 6 heteroatoms. The molecule has 5 nitrogen and oxygen atoms in total. The molecule has 1 saturated heterocycles. The van der Waals surface area contributed by atoms with Crippen molar-refractivity contribution in [1.82, 2.24) is 5.32 Å². The lowest BCUT2D eigenvalue weighted by molar-refractivity contribution is -0.116. The van der Waals surface area contributed by atoms with Crippen molar-refractivity contribution >= 4 is 29.1 Å². The number of hydrogen-bond acceptors (Lipinski definition) is 5. The Hall–Kier alpha value is -2.60. The molecule has 0 aromatic heterocycles. The maximum Gasteiger partial charge on any atom is 0.236 e. The van der Waals surface area contributed by atoms with Gasteiger partial charge in [-0.2, -0.15) is 5.10 Å². The second kappa shape index (κ2) is 7.79. The van der Waals surface area contributed by atoms with Gasteiger partial charge in [0.05, 0.1) is 12.0 Å². The number of hydrogen-bond donors (Lipinski definition) is 1. The molecule has 0 bridgehead atoms. The lowest BCUT2D eigenvalue weighted by Gasteiger charge is -2.08. The Morgan fingerprint density at radius 3 is 2.71 bits per heavy atom. The summed E-state index contributed by atoms with van der Waals surface area (Å²) in [6.45, 7) is 2.62. The first-order chi connectivity index (χ1) is 11.7. The summed E-state index contributed by atoms with van der Waals surface area (Å²) in [4.78, 5) is 11.0. The van der Waals surface area contributed by atoms with Gasteiger partial charge in [-0.15, -0.1) is 5.10 Å². The molecule has 3 rings (SSSR count). The molecule has 0 unspecified atom stereocenters. The number of carbonyl (C=O) groups excluding carboxylic acids is 1. The topological polar surface area (TPSA) is 63.1 Å². The highest BCUT2D eigenvalue weighted by Gasteiger charge is 2.15. The fraction of sp³-hybridized carbons (Fsp3) is 0.167. The number of rotatable bonds is 5. The number of ether oxygens (including phenoxy) is 1. The minimum atomic E-state index is -0.0379. The van der Waals surface area contributed by atoms with E-state index in [0.29, 0.717) is 17.5 Å². The highest BCUT2D eigenvalue weighted by Crippen LogP contribution is 2.15.